The maximum atomic E-state index is 12.8. The predicted molar refractivity (Wildman–Crippen MR) is 127 cm³/mol. The molecule has 1 heterocycles. The van der Waals surface area contributed by atoms with Crippen molar-refractivity contribution in [2.45, 2.75) is 25.0 Å². The second-order valence-corrected chi connectivity index (χ2v) is 8.37. The standard InChI is InChI=1S/C24H22ClN3O2S/c1-16-12-18(10-11-20(16)25)30-15-23-27-21-8-3-4-9-22(21)28(23)14-24(29)26-17-6-5-7-19(13-17)31-2/h3-13H,14-15H2,1-2H3,(H,26,29). The molecule has 0 aliphatic rings. The summed E-state index contributed by atoms with van der Waals surface area (Å²) in [6, 6.07) is 21.1. The van der Waals surface area contributed by atoms with Gasteiger partial charge in [-0.3, -0.25) is 4.79 Å². The monoisotopic (exact) mass is 451 g/mol. The van der Waals surface area contributed by atoms with E-state index in [9.17, 15) is 4.79 Å². The van der Waals surface area contributed by atoms with Gasteiger partial charge in [-0.25, -0.2) is 4.98 Å². The van der Waals surface area contributed by atoms with E-state index in [-0.39, 0.29) is 19.1 Å². The Morgan fingerprint density at radius 3 is 2.77 bits per heavy atom. The van der Waals surface area contributed by atoms with Crippen molar-refractivity contribution in [2.75, 3.05) is 11.6 Å². The number of hydrogen-bond donors (Lipinski definition) is 1. The van der Waals surface area contributed by atoms with Gasteiger partial charge in [-0.05, 0) is 67.3 Å². The fourth-order valence-corrected chi connectivity index (χ4v) is 3.89. The molecular formula is C24H22ClN3O2S. The number of para-hydroxylation sites is 2. The van der Waals surface area contributed by atoms with Crippen LogP contribution in [0.1, 0.15) is 11.4 Å². The number of nitrogens with one attached hydrogen (secondary N) is 1. The molecule has 7 heteroatoms. The molecule has 5 nitrogen and oxygen atoms in total. The third-order valence-electron chi connectivity index (χ3n) is 4.89. The molecule has 158 valence electrons. The fraction of sp³-hybridized carbons (Fsp3) is 0.167. The summed E-state index contributed by atoms with van der Waals surface area (Å²) in [6.45, 7) is 2.31. The van der Waals surface area contributed by atoms with E-state index in [0.717, 1.165) is 27.2 Å². The van der Waals surface area contributed by atoms with Crippen LogP contribution in [-0.2, 0) is 17.9 Å². The highest BCUT2D eigenvalue weighted by atomic mass is 35.5. The summed E-state index contributed by atoms with van der Waals surface area (Å²) in [4.78, 5) is 18.6. The van der Waals surface area contributed by atoms with Crippen molar-refractivity contribution in [3.63, 3.8) is 0 Å². The Bertz CT molecular complexity index is 1240. The van der Waals surface area contributed by atoms with Crippen molar-refractivity contribution in [1.29, 1.82) is 0 Å². The lowest BCUT2D eigenvalue weighted by Crippen LogP contribution is -2.20. The summed E-state index contributed by atoms with van der Waals surface area (Å²) in [5.41, 5.74) is 3.43. The van der Waals surface area contributed by atoms with E-state index in [1.165, 1.54) is 0 Å². The largest absolute Gasteiger partial charge is 0.486 e. The molecule has 0 saturated carbocycles. The number of hydrogen-bond acceptors (Lipinski definition) is 4. The molecule has 0 spiro atoms. The van der Waals surface area contributed by atoms with Crippen LogP contribution in [0, 0.1) is 6.92 Å². The Labute approximate surface area is 190 Å². The molecule has 0 fully saturated rings. The van der Waals surface area contributed by atoms with Gasteiger partial charge in [0.25, 0.3) is 0 Å². The number of thioether (sulfide) groups is 1. The van der Waals surface area contributed by atoms with E-state index in [1.54, 1.807) is 11.8 Å². The average molecular weight is 452 g/mol. The van der Waals surface area contributed by atoms with Crippen LogP contribution in [0.4, 0.5) is 5.69 Å². The van der Waals surface area contributed by atoms with E-state index in [0.29, 0.717) is 16.6 Å². The van der Waals surface area contributed by atoms with Gasteiger partial charge < -0.3 is 14.6 Å². The summed E-state index contributed by atoms with van der Waals surface area (Å²) in [7, 11) is 0. The van der Waals surface area contributed by atoms with Crippen LogP contribution < -0.4 is 10.1 Å². The lowest BCUT2D eigenvalue weighted by molar-refractivity contribution is -0.116. The molecule has 4 aromatic rings. The van der Waals surface area contributed by atoms with E-state index < -0.39 is 0 Å². The molecule has 0 aliphatic heterocycles. The smallest absolute Gasteiger partial charge is 0.244 e. The number of aryl methyl sites for hydroxylation is 1. The second-order valence-electron chi connectivity index (χ2n) is 7.08. The first kappa shape index (κ1) is 21.3. The molecule has 0 radical (unpaired) electrons. The van der Waals surface area contributed by atoms with Crippen LogP contribution in [0.3, 0.4) is 0 Å². The van der Waals surface area contributed by atoms with Crippen molar-refractivity contribution >= 4 is 46.0 Å². The van der Waals surface area contributed by atoms with E-state index in [1.807, 2.05) is 84.5 Å². The minimum absolute atomic E-state index is 0.120. The van der Waals surface area contributed by atoms with Crippen molar-refractivity contribution in [3.05, 3.63) is 83.1 Å². The zero-order valence-corrected chi connectivity index (χ0v) is 18.8. The molecular weight excluding hydrogens is 430 g/mol. The fourth-order valence-electron chi connectivity index (χ4n) is 3.31. The van der Waals surface area contributed by atoms with Crippen molar-refractivity contribution < 1.29 is 9.53 Å². The number of ether oxygens (including phenoxy) is 1. The Balaban J connectivity index is 1.55. The molecule has 0 aliphatic carbocycles. The van der Waals surface area contributed by atoms with Gasteiger partial charge in [0, 0.05) is 15.6 Å². The van der Waals surface area contributed by atoms with Gasteiger partial charge in [-0.15, -0.1) is 11.8 Å². The number of rotatable bonds is 7. The lowest BCUT2D eigenvalue weighted by atomic mass is 10.2. The zero-order valence-electron chi connectivity index (χ0n) is 17.3. The van der Waals surface area contributed by atoms with E-state index in [4.69, 9.17) is 16.3 Å². The highest BCUT2D eigenvalue weighted by Gasteiger charge is 2.15. The minimum atomic E-state index is -0.120. The van der Waals surface area contributed by atoms with Crippen LogP contribution >= 0.6 is 23.4 Å². The van der Waals surface area contributed by atoms with Gasteiger partial charge in [0.15, 0.2) is 0 Å². The normalized spacial score (nSPS) is 10.9. The Morgan fingerprint density at radius 2 is 1.97 bits per heavy atom. The molecule has 31 heavy (non-hydrogen) atoms. The van der Waals surface area contributed by atoms with Crippen LogP contribution in [0.2, 0.25) is 5.02 Å². The average Bonchev–Trinajstić information content (AvgIpc) is 3.12. The summed E-state index contributed by atoms with van der Waals surface area (Å²) in [5, 5.41) is 3.67. The van der Waals surface area contributed by atoms with Crippen LogP contribution in [-0.4, -0.2) is 21.7 Å². The highest BCUT2D eigenvalue weighted by Crippen LogP contribution is 2.23. The minimum Gasteiger partial charge on any atom is -0.486 e. The molecule has 3 aromatic carbocycles. The highest BCUT2D eigenvalue weighted by molar-refractivity contribution is 7.98. The second kappa shape index (κ2) is 9.45. The zero-order chi connectivity index (χ0) is 21.8. The van der Waals surface area contributed by atoms with Crippen LogP contribution in [0.15, 0.2) is 71.6 Å². The van der Waals surface area contributed by atoms with Gasteiger partial charge in [0.05, 0.1) is 11.0 Å². The number of carbonyl (C=O) groups is 1. The summed E-state index contributed by atoms with van der Waals surface area (Å²) < 4.78 is 7.85. The third-order valence-corrected chi connectivity index (χ3v) is 6.04. The van der Waals surface area contributed by atoms with Gasteiger partial charge in [0.1, 0.15) is 24.7 Å². The summed E-state index contributed by atoms with van der Waals surface area (Å²) in [5.74, 6) is 1.27. The number of benzene rings is 3. The first-order chi connectivity index (χ1) is 15.0. The molecule has 0 saturated heterocycles. The van der Waals surface area contributed by atoms with Gasteiger partial charge in [-0.1, -0.05) is 29.8 Å². The van der Waals surface area contributed by atoms with E-state index >= 15 is 0 Å². The quantitative estimate of drug-likeness (QED) is 0.353. The molecule has 1 aromatic heterocycles. The third kappa shape index (κ3) is 5.03. The number of anilines is 1. The SMILES string of the molecule is CSc1cccc(NC(=O)Cn2c(COc3ccc(Cl)c(C)c3)nc3ccccc32)c1. The van der Waals surface area contributed by atoms with Gasteiger partial charge in [0.2, 0.25) is 5.91 Å². The Kier molecular flexibility index (Phi) is 6.49. The molecule has 0 bridgehead atoms. The van der Waals surface area contributed by atoms with Crippen molar-refractivity contribution in [3.8, 4) is 5.75 Å². The lowest BCUT2D eigenvalue weighted by Gasteiger charge is -2.12. The van der Waals surface area contributed by atoms with Crippen LogP contribution in [0.25, 0.3) is 11.0 Å². The van der Waals surface area contributed by atoms with Gasteiger partial charge >= 0.3 is 0 Å². The number of carbonyl (C=O) groups excluding carboxylic acids is 1. The number of nitrogens with zero attached hydrogens (tertiary/aromatic N) is 2. The summed E-state index contributed by atoms with van der Waals surface area (Å²) >= 11 is 7.74. The van der Waals surface area contributed by atoms with E-state index in [2.05, 4.69) is 10.3 Å². The molecule has 0 unspecified atom stereocenters. The number of imidazole rings is 1. The number of halogens is 1. The molecule has 0 atom stereocenters. The number of fused-ring (bicyclic) bond motifs is 1. The van der Waals surface area contributed by atoms with Crippen molar-refractivity contribution in [2.24, 2.45) is 0 Å². The first-order valence-corrected chi connectivity index (χ1v) is 11.4. The summed E-state index contributed by atoms with van der Waals surface area (Å²) in [6.07, 6.45) is 2.01. The molecule has 4 rings (SSSR count). The topological polar surface area (TPSA) is 56.2 Å². The van der Waals surface area contributed by atoms with Crippen molar-refractivity contribution in [1.82, 2.24) is 9.55 Å². The Morgan fingerprint density at radius 1 is 1.13 bits per heavy atom. The molecule has 1 amide bonds. The van der Waals surface area contributed by atoms with Crippen LogP contribution in [0.5, 0.6) is 5.75 Å². The number of amides is 1. The Hall–Kier alpha value is -2.96. The molecule has 1 N–H and O–H groups in total. The first-order valence-electron chi connectivity index (χ1n) is 9.80. The maximum absolute atomic E-state index is 12.8. The predicted octanol–water partition coefficient (Wildman–Crippen LogP) is 5.94. The number of aromatic nitrogens is 2. The van der Waals surface area contributed by atoms with Gasteiger partial charge in [-0.2, -0.15) is 0 Å². The maximum Gasteiger partial charge on any atom is 0.244 e.